The Balaban J connectivity index is 3.14. The molecule has 118 valence electrons. The molecule has 0 atom stereocenters. The SMILES string of the molecule is COP(=O)(CC(=O)c1ccc(C)c(C)c1OCCO)OC. The van der Waals surface area contributed by atoms with Crippen LogP contribution in [0.2, 0.25) is 0 Å². The van der Waals surface area contributed by atoms with Crippen LogP contribution >= 0.6 is 7.60 Å². The Labute approximate surface area is 124 Å². The highest BCUT2D eigenvalue weighted by atomic mass is 31.2. The molecule has 0 saturated carbocycles. The van der Waals surface area contributed by atoms with E-state index in [1.165, 1.54) is 14.2 Å². The van der Waals surface area contributed by atoms with Gasteiger partial charge in [0.2, 0.25) is 0 Å². The number of aliphatic hydroxyl groups excluding tert-OH is 1. The molecule has 0 radical (unpaired) electrons. The van der Waals surface area contributed by atoms with E-state index in [0.29, 0.717) is 11.3 Å². The molecule has 0 fully saturated rings. The Bertz CT molecular complexity index is 547. The minimum absolute atomic E-state index is 0.0801. The molecule has 0 spiro atoms. The van der Waals surface area contributed by atoms with Crippen LogP contribution in [-0.2, 0) is 13.6 Å². The van der Waals surface area contributed by atoms with E-state index in [2.05, 4.69) is 0 Å². The molecule has 0 saturated heterocycles. The van der Waals surface area contributed by atoms with Gasteiger partial charge in [-0.1, -0.05) is 6.07 Å². The van der Waals surface area contributed by atoms with Crippen LogP contribution in [0.25, 0.3) is 0 Å². The standard InChI is InChI=1S/C14H21O6P/c1-10-5-6-12(14(11(10)2)20-8-7-15)13(16)9-21(17,18-3)19-4/h5-6,15H,7-9H2,1-4H3. The van der Waals surface area contributed by atoms with E-state index in [9.17, 15) is 9.36 Å². The minimum atomic E-state index is -3.43. The lowest BCUT2D eigenvalue weighted by Crippen LogP contribution is -2.13. The Morgan fingerprint density at radius 1 is 1.24 bits per heavy atom. The lowest BCUT2D eigenvalue weighted by molar-refractivity contribution is 0.100. The van der Waals surface area contributed by atoms with Crippen molar-refractivity contribution in [3.63, 3.8) is 0 Å². The molecule has 7 heteroatoms. The van der Waals surface area contributed by atoms with E-state index in [-0.39, 0.29) is 19.4 Å². The monoisotopic (exact) mass is 316 g/mol. The largest absolute Gasteiger partial charge is 0.490 e. The van der Waals surface area contributed by atoms with Crippen molar-refractivity contribution >= 4 is 13.4 Å². The fraction of sp³-hybridized carbons (Fsp3) is 0.500. The van der Waals surface area contributed by atoms with Gasteiger partial charge in [0, 0.05) is 14.2 Å². The topological polar surface area (TPSA) is 82.1 Å². The molecule has 1 rings (SSSR count). The van der Waals surface area contributed by atoms with Crippen molar-refractivity contribution in [2.45, 2.75) is 13.8 Å². The molecule has 0 unspecified atom stereocenters. The van der Waals surface area contributed by atoms with Gasteiger partial charge in [0.15, 0.2) is 5.78 Å². The lowest BCUT2D eigenvalue weighted by Gasteiger charge is -2.17. The van der Waals surface area contributed by atoms with Crippen molar-refractivity contribution in [1.29, 1.82) is 0 Å². The predicted octanol–water partition coefficient (Wildman–Crippen LogP) is 2.34. The third kappa shape index (κ3) is 4.38. The number of rotatable bonds is 8. The first-order valence-electron chi connectivity index (χ1n) is 6.46. The Kier molecular flexibility index (Phi) is 6.55. The van der Waals surface area contributed by atoms with Crippen LogP contribution < -0.4 is 4.74 Å². The molecule has 0 aliphatic carbocycles. The fourth-order valence-corrected chi connectivity index (χ4v) is 2.74. The number of benzene rings is 1. The van der Waals surface area contributed by atoms with Gasteiger partial charge in [-0.05, 0) is 31.0 Å². The maximum atomic E-state index is 12.4. The van der Waals surface area contributed by atoms with Gasteiger partial charge >= 0.3 is 7.60 Å². The number of aliphatic hydroxyl groups is 1. The molecule has 6 nitrogen and oxygen atoms in total. The van der Waals surface area contributed by atoms with Crippen LogP contribution in [0.5, 0.6) is 5.75 Å². The molecule has 0 aliphatic rings. The zero-order chi connectivity index (χ0) is 16.0. The number of ketones is 1. The molecular formula is C14H21O6P. The van der Waals surface area contributed by atoms with Crippen molar-refractivity contribution in [1.82, 2.24) is 0 Å². The van der Waals surface area contributed by atoms with Crippen LogP contribution in [-0.4, -0.2) is 44.5 Å². The summed E-state index contributed by atoms with van der Waals surface area (Å²) in [6.07, 6.45) is -0.363. The first-order valence-corrected chi connectivity index (χ1v) is 8.19. The molecule has 0 aromatic heterocycles. The Hall–Kier alpha value is -1.20. The second-order valence-corrected chi connectivity index (χ2v) is 6.78. The van der Waals surface area contributed by atoms with Crippen LogP contribution in [0.3, 0.4) is 0 Å². The number of carbonyl (C=O) groups is 1. The van der Waals surface area contributed by atoms with Crippen LogP contribution in [0.15, 0.2) is 12.1 Å². The average Bonchev–Trinajstić information content (AvgIpc) is 2.48. The molecule has 0 heterocycles. The normalized spacial score (nSPS) is 11.5. The van der Waals surface area contributed by atoms with Crippen molar-refractivity contribution < 1.29 is 28.3 Å². The van der Waals surface area contributed by atoms with Crippen molar-refractivity contribution in [3.05, 3.63) is 28.8 Å². The number of carbonyl (C=O) groups excluding carboxylic acids is 1. The number of Topliss-reactive ketones (excluding diaryl/α,β-unsaturated/α-hetero) is 1. The first-order chi connectivity index (χ1) is 9.88. The van der Waals surface area contributed by atoms with Crippen LogP contribution in [0.1, 0.15) is 21.5 Å². The average molecular weight is 316 g/mol. The molecular weight excluding hydrogens is 295 g/mol. The van der Waals surface area contributed by atoms with Gasteiger partial charge in [-0.3, -0.25) is 9.36 Å². The van der Waals surface area contributed by atoms with Gasteiger partial charge in [-0.25, -0.2) is 0 Å². The van der Waals surface area contributed by atoms with Gasteiger partial charge in [0.25, 0.3) is 0 Å². The second kappa shape index (κ2) is 7.71. The van der Waals surface area contributed by atoms with E-state index in [1.54, 1.807) is 12.1 Å². The second-order valence-electron chi connectivity index (χ2n) is 4.51. The summed E-state index contributed by atoms with van der Waals surface area (Å²) < 4.78 is 27.1. The highest BCUT2D eigenvalue weighted by Gasteiger charge is 2.28. The van der Waals surface area contributed by atoms with Gasteiger partial charge in [0.05, 0.1) is 12.2 Å². The number of hydrogen-bond donors (Lipinski definition) is 1. The van der Waals surface area contributed by atoms with E-state index in [0.717, 1.165) is 11.1 Å². The van der Waals surface area contributed by atoms with E-state index in [4.69, 9.17) is 18.9 Å². The summed E-state index contributed by atoms with van der Waals surface area (Å²) in [6, 6.07) is 3.41. The lowest BCUT2D eigenvalue weighted by atomic mass is 10.0. The van der Waals surface area contributed by atoms with Crippen molar-refractivity contribution in [3.8, 4) is 5.75 Å². The van der Waals surface area contributed by atoms with Crippen molar-refractivity contribution in [2.75, 3.05) is 33.6 Å². The van der Waals surface area contributed by atoms with Gasteiger partial charge in [-0.2, -0.15) is 0 Å². The number of aryl methyl sites for hydroxylation is 1. The summed E-state index contributed by atoms with van der Waals surface area (Å²) in [7, 11) is -0.955. The molecule has 21 heavy (non-hydrogen) atoms. The molecule has 0 aliphatic heterocycles. The molecule has 1 aromatic rings. The van der Waals surface area contributed by atoms with E-state index >= 15 is 0 Å². The van der Waals surface area contributed by atoms with Crippen molar-refractivity contribution in [2.24, 2.45) is 0 Å². The van der Waals surface area contributed by atoms with Crippen LogP contribution in [0, 0.1) is 13.8 Å². The summed E-state index contributed by atoms with van der Waals surface area (Å²) >= 11 is 0. The molecule has 1 N–H and O–H groups in total. The maximum Gasteiger partial charge on any atom is 0.337 e. The third-order valence-corrected chi connectivity index (χ3v) is 5.00. The first kappa shape index (κ1) is 17.9. The number of hydrogen-bond acceptors (Lipinski definition) is 6. The zero-order valence-electron chi connectivity index (χ0n) is 12.7. The smallest absolute Gasteiger partial charge is 0.337 e. The van der Waals surface area contributed by atoms with Gasteiger partial charge in [-0.15, -0.1) is 0 Å². The quantitative estimate of drug-likeness (QED) is 0.585. The Morgan fingerprint density at radius 2 is 1.86 bits per heavy atom. The van der Waals surface area contributed by atoms with E-state index in [1.807, 2.05) is 13.8 Å². The third-order valence-electron chi connectivity index (χ3n) is 3.21. The molecule has 0 bridgehead atoms. The van der Waals surface area contributed by atoms with Crippen LogP contribution in [0.4, 0.5) is 0 Å². The summed E-state index contributed by atoms with van der Waals surface area (Å²) in [5, 5.41) is 8.89. The highest BCUT2D eigenvalue weighted by molar-refractivity contribution is 7.54. The maximum absolute atomic E-state index is 12.4. The zero-order valence-corrected chi connectivity index (χ0v) is 13.6. The predicted molar refractivity (Wildman–Crippen MR) is 79.3 cm³/mol. The van der Waals surface area contributed by atoms with Gasteiger partial charge < -0.3 is 18.9 Å². The highest BCUT2D eigenvalue weighted by Crippen LogP contribution is 2.47. The molecule has 1 aromatic carbocycles. The summed E-state index contributed by atoms with van der Waals surface area (Å²) in [6.45, 7) is 3.64. The number of ether oxygens (including phenoxy) is 1. The summed E-state index contributed by atoms with van der Waals surface area (Å²) in [4.78, 5) is 12.4. The van der Waals surface area contributed by atoms with Gasteiger partial charge in [0.1, 0.15) is 18.5 Å². The molecule has 0 amide bonds. The fourth-order valence-electron chi connectivity index (χ4n) is 1.81. The minimum Gasteiger partial charge on any atom is -0.490 e. The van der Waals surface area contributed by atoms with E-state index < -0.39 is 13.4 Å². The summed E-state index contributed by atoms with van der Waals surface area (Å²) in [5.41, 5.74) is 2.07. The Morgan fingerprint density at radius 3 is 2.38 bits per heavy atom. The summed E-state index contributed by atoms with van der Waals surface area (Å²) in [5.74, 6) is 0.00544.